The molecule has 3 nitrogen and oxygen atoms in total. The number of hydrogen-bond acceptors (Lipinski definition) is 2. The highest BCUT2D eigenvalue weighted by Gasteiger charge is 2.31. The molecule has 2 aliphatic rings. The number of carbonyl (C=O) groups excluding carboxylic acids is 1. The summed E-state index contributed by atoms with van der Waals surface area (Å²) in [5.41, 5.74) is 3.78. The van der Waals surface area contributed by atoms with E-state index >= 15 is 0 Å². The standard InChI is InChI=1S/C18H26N2O/c1-13-11-16-12-17(19-9-5-4-6-10-19)7-8-18(16)20(14(13)2)15(3)21/h7-8,12-14H,4-6,9-11H2,1-3H3/t13-,14+/m1/s1. The lowest BCUT2D eigenvalue weighted by molar-refractivity contribution is -0.117. The van der Waals surface area contributed by atoms with Gasteiger partial charge in [0.15, 0.2) is 0 Å². The average molecular weight is 286 g/mol. The number of hydrogen-bond donors (Lipinski definition) is 0. The number of carbonyl (C=O) groups is 1. The fraction of sp³-hybridized carbons (Fsp3) is 0.611. The smallest absolute Gasteiger partial charge is 0.224 e. The highest BCUT2D eigenvalue weighted by Crippen LogP contribution is 2.36. The predicted molar refractivity (Wildman–Crippen MR) is 88.0 cm³/mol. The summed E-state index contributed by atoms with van der Waals surface area (Å²) in [6.07, 6.45) is 5.02. The monoisotopic (exact) mass is 286 g/mol. The Balaban J connectivity index is 1.94. The molecule has 0 N–H and O–H groups in total. The van der Waals surface area contributed by atoms with Crippen LogP contribution in [0.15, 0.2) is 18.2 Å². The van der Waals surface area contributed by atoms with Crippen molar-refractivity contribution in [1.29, 1.82) is 0 Å². The summed E-state index contributed by atoms with van der Waals surface area (Å²) in [4.78, 5) is 16.5. The maximum Gasteiger partial charge on any atom is 0.224 e. The van der Waals surface area contributed by atoms with Crippen LogP contribution in [0.3, 0.4) is 0 Å². The van der Waals surface area contributed by atoms with Crippen LogP contribution in [0.1, 0.15) is 45.6 Å². The molecule has 1 aromatic rings. The second-order valence-electron chi connectivity index (χ2n) is 6.67. The molecule has 21 heavy (non-hydrogen) atoms. The van der Waals surface area contributed by atoms with Gasteiger partial charge in [0.05, 0.1) is 0 Å². The van der Waals surface area contributed by atoms with Gasteiger partial charge in [-0.25, -0.2) is 0 Å². The third-order valence-electron chi connectivity index (χ3n) is 5.16. The Kier molecular flexibility index (Phi) is 3.92. The summed E-state index contributed by atoms with van der Waals surface area (Å²) in [6, 6.07) is 6.96. The molecule has 1 aromatic carbocycles. The molecule has 0 aromatic heterocycles. The molecular weight excluding hydrogens is 260 g/mol. The van der Waals surface area contributed by atoms with Gasteiger partial charge in [0.2, 0.25) is 5.91 Å². The van der Waals surface area contributed by atoms with Gasteiger partial charge < -0.3 is 9.80 Å². The van der Waals surface area contributed by atoms with Crippen LogP contribution in [0.4, 0.5) is 11.4 Å². The van der Waals surface area contributed by atoms with E-state index in [4.69, 9.17) is 0 Å². The van der Waals surface area contributed by atoms with Gasteiger partial charge in [-0.15, -0.1) is 0 Å². The van der Waals surface area contributed by atoms with Crippen LogP contribution in [-0.2, 0) is 11.2 Å². The zero-order valence-electron chi connectivity index (χ0n) is 13.4. The zero-order chi connectivity index (χ0) is 15.0. The topological polar surface area (TPSA) is 23.6 Å². The van der Waals surface area contributed by atoms with Crippen molar-refractivity contribution in [3.8, 4) is 0 Å². The van der Waals surface area contributed by atoms with Crippen molar-refractivity contribution in [2.45, 2.75) is 52.5 Å². The van der Waals surface area contributed by atoms with Crippen molar-refractivity contribution in [3.05, 3.63) is 23.8 Å². The first-order valence-electron chi connectivity index (χ1n) is 8.25. The molecule has 3 heteroatoms. The van der Waals surface area contributed by atoms with Gasteiger partial charge in [0, 0.05) is 37.4 Å². The Hall–Kier alpha value is -1.51. The third-order valence-corrected chi connectivity index (χ3v) is 5.16. The second kappa shape index (κ2) is 5.70. The van der Waals surface area contributed by atoms with Crippen LogP contribution in [0.5, 0.6) is 0 Å². The number of rotatable bonds is 1. The van der Waals surface area contributed by atoms with Crippen molar-refractivity contribution >= 4 is 17.3 Å². The summed E-state index contributed by atoms with van der Waals surface area (Å²) >= 11 is 0. The molecular formula is C18H26N2O. The lowest BCUT2D eigenvalue weighted by Crippen LogP contribution is -2.45. The first-order chi connectivity index (χ1) is 10.1. The molecule has 2 aliphatic heterocycles. The Morgan fingerprint density at radius 3 is 2.52 bits per heavy atom. The van der Waals surface area contributed by atoms with Gasteiger partial charge in [0.1, 0.15) is 0 Å². The fourth-order valence-electron chi connectivity index (χ4n) is 3.77. The van der Waals surface area contributed by atoms with Crippen LogP contribution < -0.4 is 9.80 Å². The highest BCUT2D eigenvalue weighted by molar-refractivity contribution is 5.94. The van der Waals surface area contributed by atoms with Gasteiger partial charge in [-0.2, -0.15) is 0 Å². The quantitative estimate of drug-likeness (QED) is 0.787. The van der Waals surface area contributed by atoms with Gasteiger partial charge in [0.25, 0.3) is 0 Å². The predicted octanol–water partition coefficient (Wildman–Crippen LogP) is 3.61. The average Bonchev–Trinajstić information content (AvgIpc) is 2.48. The van der Waals surface area contributed by atoms with Crippen molar-refractivity contribution < 1.29 is 4.79 Å². The largest absolute Gasteiger partial charge is 0.372 e. The maximum absolute atomic E-state index is 12.0. The summed E-state index contributed by atoms with van der Waals surface area (Å²) < 4.78 is 0. The van der Waals surface area contributed by atoms with E-state index in [1.807, 2.05) is 4.90 Å². The molecule has 1 fully saturated rings. The minimum absolute atomic E-state index is 0.154. The number of nitrogens with zero attached hydrogens (tertiary/aromatic N) is 2. The molecule has 0 bridgehead atoms. The fourth-order valence-corrected chi connectivity index (χ4v) is 3.77. The summed E-state index contributed by atoms with van der Waals surface area (Å²) in [7, 11) is 0. The number of amides is 1. The van der Waals surface area contributed by atoms with Crippen molar-refractivity contribution in [2.24, 2.45) is 5.92 Å². The number of piperidine rings is 1. The molecule has 2 heterocycles. The molecule has 0 aliphatic carbocycles. The number of fused-ring (bicyclic) bond motifs is 1. The summed E-state index contributed by atoms with van der Waals surface area (Å²) in [6.45, 7) is 8.42. The minimum Gasteiger partial charge on any atom is -0.372 e. The van der Waals surface area contributed by atoms with E-state index in [1.54, 1.807) is 6.92 Å². The van der Waals surface area contributed by atoms with Gasteiger partial charge in [-0.1, -0.05) is 6.92 Å². The maximum atomic E-state index is 12.0. The molecule has 1 saturated heterocycles. The van der Waals surface area contributed by atoms with Crippen LogP contribution in [0, 0.1) is 5.92 Å². The first-order valence-corrected chi connectivity index (χ1v) is 8.25. The van der Waals surface area contributed by atoms with Gasteiger partial charge in [-0.3, -0.25) is 4.79 Å². The molecule has 0 radical (unpaired) electrons. The van der Waals surface area contributed by atoms with Crippen molar-refractivity contribution in [1.82, 2.24) is 0 Å². The summed E-state index contributed by atoms with van der Waals surface area (Å²) in [5.74, 6) is 0.666. The molecule has 3 rings (SSSR count). The molecule has 0 unspecified atom stereocenters. The van der Waals surface area contributed by atoms with Crippen LogP contribution in [-0.4, -0.2) is 25.0 Å². The first kappa shape index (κ1) is 14.4. The molecule has 2 atom stereocenters. The second-order valence-corrected chi connectivity index (χ2v) is 6.67. The highest BCUT2D eigenvalue weighted by atomic mass is 16.2. The Labute approximate surface area is 127 Å². The van der Waals surface area contributed by atoms with E-state index in [9.17, 15) is 4.79 Å². The molecule has 0 spiro atoms. The van der Waals surface area contributed by atoms with E-state index in [0.717, 1.165) is 12.1 Å². The zero-order valence-corrected chi connectivity index (χ0v) is 13.4. The molecule has 1 amide bonds. The number of anilines is 2. The Morgan fingerprint density at radius 1 is 1.14 bits per heavy atom. The molecule has 0 saturated carbocycles. The van der Waals surface area contributed by atoms with E-state index in [0.29, 0.717) is 5.92 Å². The van der Waals surface area contributed by atoms with Crippen LogP contribution in [0.25, 0.3) is 0 Å². The van der Waals surface area contributed by atoms with Gasteiger partial charge >= 0.3 is 0 Å². The third kappa shape index (κ3) is 2.66. The normalized spacial score (nSPS) is 25.7. The van der Waals surface area contributed by atoms with Gasteiger partial charge in [-0.05, 0) is 62.3 Å². The minimum atomic E-state index is 0.154. The van der Waals surface area contributed by atoms with E-state index in [2.05, 4.69) is 36.9 Å². The van der Waals surface area contributed by atoms with E-state index in [1.165, 1.54) is 43.6 Å². The van der Waals surface area contributed by atoms with Crippen LogP contribution >= 0.6 is 0 Å². The molecule has 114 valence electrons. The Bertz CT molecular complexity index is 534. The lowest BCUT2D eigenvalue weighted by Gasteiger charge is -2.39. The van der Waals surface area contributed by atoms with Crippen LogP contribution in [0.2, 0.25) is 0 Å². The SMILES string of the molecule is CC(=O)N1c2ccc(N3CCCCC3)cc2C[C@@H](C)[C@@H]1C. The van der Waals surface area contributed by atoms with E-state index < -0.39 is 0 Å². The van der Waals surface area contributed by atoms with Crippen molar-refractivity contribution in [3.63, 3.8) is 0 Å². The lowest BCUT2D eigenvalue weighted by atomic mass is 9.87. The van der Waals surface area contributed by atoms with Crippen molar-refractivity contribution in [2.75, 3.05) is 22.9 Å². The van der Waals surface area contributed by atoms with E-state index in [-0.39, 0.29) is 11.9 Å². The Morgan fingerprint density at radius 2 is 1.86 bits per heavy atom. The number of benzene rings is 1. The summed E-state index contributed by atoms with van der Waals surface area (Å²) in [5, 5.41) is 0.